The lowest BCUT2D eigenvalue weighted by Gasteiger charge is -2.09. The monoisotopic (exact) mass is 366 g/mol. The molecule has 0 radical (unpaired) electrons. The molecule has 2 N–H and O–H groups in total. The molecule has 9 heteroatoms. The molecule has 136 valence electrons. The number of methoxy groups -OCH3 is 2. The number of rotatable bonds is 10. The molecule has 0 atom stereocenters. The van der Waals surface area contributed by atoms with Crippen LogP contribution in [0.25, 0.3) is 0 Å². The first-order chi connectivity index (χ1) is 12.2. The van der Waals surface area contributed by atoms with Crippen LogP contribution in [-0.2, 0) is 22.6 Å². The predicted molar refractivity (Wildman–Crippen MR) is 94.9 cm³/mol. The topological polar surface area (TPSA) is 98.2 Å². The number of nitrogens with zero attached hydrogens (tertiary/aromatic N) is 2. The van der Waals surface area contributed by atoms with Gasteiger partial charge in [-0.15, -0.1) is 5.10 Å². The summed E-state index contributed by atoms with van der Waals surface area (Å²) in [5.41, 5.74) is 0.618. The molecule has 2 rings (SSSR count). The molecular weight excluding hydrogens is 344 g/mol. The van der Waals surface area contributed by atoms with Crippen molar-refractivity contribution in [1.82, 2.24) is 20.1 Å². The van der Waals surface area contributed by atoms with Crippen LogP contribution < -0.4 is 15.7 Å². The van der Waals surface area contributed by atoms with Crippen LogP contribution in [0.3, 0.4) is 0 Å². The third kappa shape index (κ3) is 5.64. The summed E-state index contributed by atoms with van der Waals surface area (Å²) < 4.78 is 11.7. The van der Waals surface area contributed by atoms with Gasteiger partial charge in [-0.2, -0.15) is 0 Å². The number of benzene rings is 1. The number of para-hydroxylation sites is 1. The summed E-state index contributed by atoms with van der Waals surface area (Å²) in [5.74, 6) is 0.758. The summed E-state index contributed by atoms with van der Waals surface area (Å²) in [5, 5.41) is 9.70. The second kappa shape index (κ2) is 9.90. The van der Waals surface area contributed by atoms with Gasteiger partial charge in [-0.25, -0.2) is 9.89 Å². The highest BCUT2D eigenvalue weighted by Gasteiger charge is 2.11. The lowest BCUT2D eigenvalue weighted by molar-refractivity contribution is -0.118. The number of ether oxygens (including phenoxy) is 2. The molecule has 0 fully saturated rings. The molecule has 0 aliphatic rings. The fourth-order valence-corrected chi connectivity index (χ4v) is 3.00. The van der Waals surface area contributed by atoms with Gasteiger partial charge in [0.05, 0.1) is 12.9 Å². The van der Waals surface area contributed by atoms with Gasteiger partial charge in [-0.05, 0) is 12.5 Å². The number of aromatic amines is 1. The SMILES string of the molecule is COCCCn1c(SCC(=O)NCc2ccccc2OC)n[nH]c1=O. The number of amides is 1. The largest absolute Gasteiger partial charge is 0.496 e. The lowest BCUT2D eigenvalue weighted by Crippen LogP contribution is -2.25. The summed E-state index contributed by atoms with van der Waals surface area (Å²) in [4.78, 5) is 23.8. The number of thioether (sulfide) groups is 1. The van der Waals surface area contributed by atoms with Crippen molar-refractivity contribution < 1.29 is 14.3 Å². The molecule has 1 amide bonds. The van der Waals surface area contributed by atoms with E-state index in [-0.39, 0.29) is 17.3 Å². The van der Waals surface area contributed by atoms with Gasteiger partial charge in [0.15, 0.2) is 5.16 Å². The predicted octanol–water partition coefficient (Wildman–Crippen LogP) is 1.03. The number of hydrogen-bond donors (Lipinski definition) is 2. The molecule has 0 spiro atoms. The fourth-order valence-electron chi connectivity index (χ4n) is 2.20. The highest BCUT2D eigenvalue weighted by molar-refractivity contribution is 7.99. The van der Waals surface area contributed by atoms with Gasteiger partial charge in [0, 0.05) is 32.4 Å². The van der Waals surface area contributed by atoms with E-state index >= 15 is 0 Å². The standard InChI is InChI=1S/C16H22N4O4S/c1-23-9-5-8-20-15(22)18-19-16(20)25-11-14(21)17-10-12-6-3-4-7-13(12)24-2/h3-4,6-7H,5,8-11H2,1-2H3,(H,17,21)(H,18,22). The molecule has 0 aliphatic heterocycles. The first-order valence-electron chi connectivity index (χ1n) is 7.81. The highest BCUT2D eigenvalue weighted by Crippen LogP contribution is 2.17. The minimum Gasteiger partial charge on any atom is -0.496 e. The van der Waals surface area contributed by atoms with E-state index in [0.29, 0.717) is 31.3 Å². The van der Waals surface area contributed by atoms with Crippen molar-refractivity contribution in [1.29, 1.82) is 0 Å². The van der Waals surface area contributed by atoms with Gasteiger partial charge in [0.1, 0.15) is 5.75 Å². The number of aromatic nitrogens is 3. The minimum absolute atomic E-state index is 0.144. The number of carbonyl (C=O) groups excluding carboxylic acids is 1. The van der Waals surface area contributed by atoms with Gasteiger partial charge >= 0.3 is 5.69 Å². The molecule has 0 aliphatic carbocycles. The van der Waals surface area contributed by atoms with Gasteiger partial charge in [-0.3, -0.25) is 9.36 Å². The molecule has 0 unspecified atom stereocenters. The van der Waals surface area contributed by atoms with E-state index in [1.807, 2.05) is 24.3 Å². The van der Waals surface area contributed by atoms with Crippen LogP contribution in [0.2, 0.25) is 0 Å². The van der Waals surface area contributed by atoms with Gasteiger partial charge in [-0.1, -0.05) is 30.0 Å². The quantitative estimate of drug-likeness (QED) is 0.481. The van der Waals surface area contributed by atoms with E-state index in [2.05, 4.69) is 15.5 Å². The Hall–Kier alpha value is -2.26. The van der Waals surface area contributed by atoms with Crippen LogP contribution in [0.5, 0.6) is 5.75 Å². The smallest absolute Gasteiger partial charge is 0.343 e. The molecule has 0 bridgehead atoms. The maximum absolute atomic E-state index is 12.0. The van der Waals surface area contributed by atoms with Crippen molar-refractivity contribution in [2.75, 3.05) is 26.6 Å². The Morgan fingerprint density at radius 2 is 2.16 bits per heavy atom. The van der Waals surface area contributed by atoms with E-state index in [1.54, 1.807) is 14.2 Å². The zero-order valence-electron chi connectivity index (χ0n) is 14.3. The number of carbonyl (C=O) groups is 1. The summed E-state index contributed by atoms with van der Waals surface area (Å²) in [6.45, 7) is 1.43. The van der Waals surface area contributed by atoms with Crippen LogP contribution in [-0.4, -0.2) is 47.3 Å². The third-order valence-electron chi connectivity index (χ3n) is 3.45. The molecule has 1 heterocycles. The lowest BCUT2D eigenvalue weighted by atomic mass is 10.2. The first kappa shape index (κ1) is 19.1. The second-order valence-electron chi connectivity index (χ2n) is 5.19. The molecule has 8 nitrogen and oxygen atoms in total. The van der Waals surface area contributed by atoms with Crippen molar-refractivity contribution in [3.05, 3.63) is 40.3 Å². The summed E-state index contributed by atoms with van der Waals surface area (Å²) in [6.07, 6.45) is 0.698. The zero-order chi connectivity index (χ0) is 18.1. The van der Waals surface area contributed by atoms with Crippen LogP contribution >= 0.6 is 11.8 Å². The summed E-state index contributed by atoms with van der Waals surface area (Å²) >= 11 is 1.22. The Balaban J connectivity index is 1.85. The third-order valence-corrected chi connectivity index (χ3v) is 4.43. The van der Waals surface area contributed by atoms with E-state index < -0.39 is 0 Å². The minimum atomic E-state index is -0.284. The Kier molecular flexibility index (Phi) is 7.55. The summed E-state index contributed by atoms with van der Waals surface area (Å²) in [7, 11) is 3.21. The Morgan fingerprint density at radius 1 is 1.36 bits per heavy atom. The summed E-state index contributed by atoms with van der Waals surface area (Å²) in [6, 6.07) is 7.51. The van der Waals surface area contributed by atoms with Crippen LogP contribution in [0.4, 0.5) is 0 Å². The van der Waals surface area contributed by atoms with E-state index in [4.69, 9.17) is 9.47 Å². The Morgan fingerprint density at radius 3 is 2.92 bits per heavy atom. The maximum Gasteiger partial charge on any atom is 0.343 e. The zero-order valence-corrected chi connectivity index (χ0v) is 15.1. The van der Waals surface area contributed by atoms with Crippen molar-refractivity contribution >= 4 is 17.7 Å². The fraction of sp³-hybridized carbons (Fsp3) is 0.438. The number of hydrogen-bond acceptors (Lipinski definition) is 6. The molecular formula is C16H22N4O4S. The highest BCUT2D eigenvalue weighted by atomic mass is 32.2. The second-order valence-corrected chi connectivity index (χ2v) is 6.13. The Labute approximate surface area is 149 Å². The average Bonchev–Trinajstić information content (AvgIpc) is 2.98. The van der Waals surface area contributed by atoms with Gasteiger partial charge in [0.2, 0.25) is 5.91 Å². The van der Waals surface area contributed by atoms with Crippen molar-refractivity contribution in [3.63, 3.8) is 0 Å². The molecule has 2 aromatic rings. The van der Waals surface area contributed by atoms with Crippen LogP contribution in [0.15, 0.2) is 34.2 Å². The molecule has 1 aromatic carbocycles. The van der Waals surface area contributed by atoms with Crippen molar-refractivity contribution in [3.8, 4) is 5.75 Å². The maximum atomic E-state index is 12.0. The van der Waals surface area contributed by atoms with Crippen LogP contribution in [0.1, 0.15) is 12.0 Å². The van der Waals surface area contributed by atoms with E-state index in [0.717, 1.165) is 11.3 Å². The number of nitrogens with one attached hydrogen (secondary N) is 2. The van der Waals surface area contributed by atoms with Crippen molar-refractivity contribution in [2.24, 2.45) is 0 Å². The van der Waals surface area contributed by atoms with Crippen molar-refractivity contribution in [2.45, 2.75) is 24.7 Å². The Bertz CT molecular complexity index is 744. The van der Waals surface area contributed by atoms with Gasteiger partial charge in [0.25, 0.3) is 0 Å². The first-order valence-corrected chi connectivity index (χ1v) is 8.79. The van der Waals surface area contributed by atoms with E-state index in [9.17, 15) is 9.59 Å². The van der Waals surface area contributed by atoms with Gasteiger partial charge < -0.3 is 14.8 Å². The molecule has 1 aromatic heterocycles. The van der Waals surface area contributed by atoms with Crippen LogP contribution in [0, 0.1) is 0 Å². The molecule has 0 saturated carbocycles. The number of H-pyrrole nitrogens is 1. The molecule has 0 saturated heterocycles. The normalized spacial score (nSPS) is 10.6. The molecule has 25 heavy (non-hydrogen) atoms. The average molecular weight is 366 g/mol. The van der Waals surface area contributed by atoms with E-state index in [1.165, 1.54) is 16.3 Å².